The molecule has 5 unspecified atom stereocenters. The van der Waals surface area contributed by atoms with Gasteiger partial charge in [0.2, 0.25) is 0 Å². The molecule has 5 atom stereocenters. The third-order valence-corrected chi connectivity index (χ3v) is 10.8. The van der Waals surface area contributed by atoms with E-state index in [4.69, 9.17) is 20.9 Å². The van der Waals surface area contributed by atoms with Crippen molar-refractivity contribution in [2.75, 3.05) is 25.7 Å². The van der Waals surface area contributed by atoms with Crippen LogP contribution in [-0.2, 0) is 0 Å². The molecule has 3 rings (SSSR count). The van der Waals surface area contributed by atoms with E-state index in [1.807, 2.05) is 0 Å². The lowest BCUT2D eigenvalue weighted by Crippen LogP contribution is -2.25. The summed E-state index contributed by atoms with van der Waals surface area (Å²) in [4.78, 5) is 0. The van der Waals surface area contributed by atoms with Gasteiger partial charge in [0.1, 0.15) is 11.5 Å². The average Bonchev–Trinajstić information content (AvgIpc) is 3.02. The predicted molar refractivity (Wildman–Crippen MR) is 187 cm³/mol. The van der Waals surface area contributed by atoms with E-state index in [1.54, 1.807) is 14.2 Å². The summed E-state index contributed by atoms with van der Waals surface area (Å²) in [6.07, 6.45) is 15.4. The summed E-state index contributed by atoms with van der Waals surface area (Å²) in [6, 6.07) is 9.46. The number of benzene rings is 2. The molecule has 2 aromatic carbocycles. The van der Waals surface area contributed by atoms with Crippen LogP contribution in [0.4, 0.5) is 11.4 Å². The minimum atomic E-state index is 0.226. The highest BCUT2D eigenvalue weighted by atomic mass is 16.5. The van der Waals surface area contributed by atoms with Gasteiger partial charge < -0.3 is 20.9 Å². The molecule has 0 aromatic heterocycles. The van der Waals surface area contributed by atoms with E-state index in [0.29, 0.717) is 29.6 Å². The van der Waals surface area contributed by atoms with Crippen molar-refractivity contribution in [3.8, 4) is 11.5 Å². The lowest BCUT2D eigenvalue weighted by Gasteiger charge is -2.38. The Labute approximate surface area is 264 Å². The number of nitrogen functional groups attached to an aromatic ring is 2. The fourth-order valence-electron chi connectivity index (χ4n) is 8.19. The van der Waals surface area contributed by atoms with Crippen molar-refractivity contribution in [3.63, 3.8) is 0 Å². The molecule has 4 bridgehead atoms. The standard InChI is InChI=1S/C39H64N2O2/c1-9-15-18-26(12-4)31-25-32(27(13-5)19-16-10-2)34-22-30(24-36(43-8)39(34)41)37(28(14-6)20-17-11-3)29-21-33(31)38(40)35(23-29)42-7/h21-24,26-28,31-32,37H,9-20,25,40-41H2,1-8H3. The first kappa shape index (κ1) is 35.1. The molecule has 4 heteroatoms. The molecule has 1 aliphatic carbocycles. The van der Waals surface area contributed by atoms with Crippen molar-refractivity contribution >= 4 is 11.4 Å². The Morgan fingerprint density at radius 3 is 1.30 bits per heavy atom. The minimum Gasteiger partial charge on any atom is -0.495 e. The highest BCUT2D eigenvalue weighted by molar-refractivity contribution is 5.66. The molecule has 0 saturated carbocycles. The topological polar surface area (TPSA) is 70.5 Å². The van der Waals surface area contributed by atoms with Gasteiger partial charge in [-0.1, -0.05) is 111 Å². The van der Waals surface area contributed by atoms with E-state index in [1.165, 1.54) is 80.0 Å². The van der Waals surface area contributed by atoms with Crippen LogP contribution in [0.5, 0.6) is 11.5 Å². The first-order chi connectivity index (χ1) is 20.8. The number of ether oxygens (including phenoxy) is 2. The van der Waals surface area contributed by atoms with Crippen LogP contribution in [0.1, 0.15) is 165 Å². The summed E-state index contributed by atoms with van der Waals surface area (Å²) in [6.45, 7) is 14.0. The van der Waals surface area contributed by atoms with Gasteiger partial charge in [-0.15, -0.1) is 0 Å². The number of methoxy groups -OCH3 is 2. The van der Waals surface area contributed by atoms with Crippen molar-refractivity contribution in [2.24, 2.45) is 17.8 Å². The fourth-order valence-corrected chi connectivity index (χ4v) is 8.19. The summed E-state index contributed by atoms with van der Waals surface area (Å²) in [5.41, 5.74) is 21.1. The Bertz CT molecular complexity index is 1050. The monoisotopic (exact) mass is 592 g/mol. The number of hydrogen-bond acceptors (Lipinski definition) is 4. The van der Waals surface area contributed by atoms with Gasteiger partial charge in [-0.2, -0.15) is 0 Å². The van der Waals surface area contributed by atoms with E-state index in [-0.39, 0.29) is 5.92 Å². The van der Waals surface area contributed by atoms with Gasteiger partial charge >= 0.3 is 0 Å². The molecular formula is C39H64N2O2. The molecule has 2 aromatic rings. The van der Waals surface area contributed by atoms with Gasteiger partial charge in [0.15, 0.2) is 0 Å². The van der Waals surface area contributed by atoms with E-state index >= 15 is 0 Å². The van der Waals surface area contributed by atoms with E-state index in [9.17, 15) is 0 Å². The van der Waals surface area contributed by atoms with Gasteiger partial charge in [0.05, 0.1) is 25.6 Å². The molecule has 4 nitrogen and oxygen atoms in total. The minimum absolute atomic E-state index is 0.226. The number of rotatable bonds is 17. The summed E-state index contributed by atoms with van der Waals surface area (Å²) in [5, 5.41) is 0. The summed E-state index contributed by atoms with van der Waals surface area (Å²) in [7, 11) is 3.56. The van der Waals surface area contributed by atoms with Gasteiger partial charge in [0.25, 0.3) is 0 Å². The van der Waals surface area contributed by atoms with Crippen molar-refractivity contribution in [2.45, 2.75) is 143 Å². The molecule has 0 amide bonds. The maximum Gasteiger partial charge on any atom is 0.142 e. The van der Waals surface area contributed by atoms with Crippen LogP contribution < -0.4 is 20.9 Å². The second-order valence-electron chi connectivity index (χ2n) is 13.3. The number of nitrogens with two attached hydrogens (primary N) is 2. The molecule has 242 valence electrons. The van der Waals surface area contributed by atoms with Gasteiger partial charge in [-0.05, 0) is 89.7 Å². The smallest absolute Gasteiger partial charge is 0.142 e. The molecule has 0 spiro atoms. The summed E-state index contributed by atoms with van der Waals surface area (Å²) in [5.74, 6) is 4.18. The third kappa shape index (κ3) is 8.03. The Morgan fingerprint density at radius 2 is 0.977 bits per heavy atom. The molecular weight excluding hydrogens is 528 g/mol. The van der Waals surface area contributed by atoms with Crippen LogP contribution >= 0.6 is 0 Å². The highest BCUT2D eigenvalue weighted by Crippen LogP contribution is 2.52. The second kappa shape index (κ2) is 17.2. The zero-order valence-electron chi connectivity index (χ0n) is 28.9. The van der Waals surface area contributed by atoms with E-state index in [2.05, 4.69) is 65.8 Å². The molecule has 0 heterocycles. The molecule has 1 aliphatic rings. The van der Waals surface area contributed by atoms with Crippen LogP contribution in [0.15, 0.2) is 24.3 Å². The summed E-state index contributed by atoms with van der Waals surface area (Å²) < 4.78 is 12.1. The fraction of sp³-hybridized carbons (Fsp3) is 0.692. The van der Waals surface area contributed by atoms with Crippen LogP contribution in [0.25, 0.3) is 0 Å². The van der Waals surface area contributed by atoms with Gasteiger partial charge in [-0.3, -0.25) is 0 Å². The third-order valence-electron chi connectivity index (χ3n) is 10.8. The highest BCUT2D eigenvalue weighted by Gasteiger charge is 2.36. The maximum atomic E-state index is 7.08. The zero-order valence-corrected chi connectivity index (χ0v) is 28.9. The van der Waals surface area contributed by atoms with Gasteiger partial charge in [-0.25, -0.2) is 0 Å². The zero-order chi connectivity index (χ0) is 31.5. The predicted octanol–water partition coefficient (Wildman–Crippen LogP) is 11.2. The SMILES string of the molecule is CCCCC(CC)C1CC(C(CC)CCCC)c2cc(cc(OC)c2N)C(C(CC)CCCC)c2cc(OC)c(N)c1c2. The summed E-state index contributed by atoms with van der Waals surface area (Å²) >= 11 is 0. The first-order valence-corrected chi connectivity index (χ1v) is 17.8. The largest absolute Gasteiger partial charge is 0.495 e. The number of hydrogen-bond donors (Lipinski definition) is 2. The number of unbranched alkanes of at least 4 members (excludes halogenated alkanes) is 3. The lowest BCUT2D eigenvalue weighted by atomic mass is 9.67. The maximum absolute atomic E-state index is 7.08. The molecule has 4 N–H and O–H groups in total. The van der Waals surface area contributed by atoms with Crippen molar-refractivity contribution < 1.29 is 9.47 Å². The Hall–Kier alpha value is -2.36. The Morgan fingerprint density at radius 1 is 0.605 bits per heavy atom. The van der Waals surface area contributed by atoms with Crippen molar-refractivity contribution in [3.05, 3.63) is 46.5 Å². The average molecular weight is 593 g/mol. The molecule has 0 aliphatic heterocycles. The number of fused-ring (bicyclic) bond motifs is 4. The molecule has 0 saturated heterocycles. The quantitative estimate of drug-likeness (QED) is 0.179. The normalized spacial score (nSPS) is 20.3. The van der Waals surface area contributed by atoms with Crippen LogP contribution in [-0.4, -0.2) is 14.2 Å². The van der Waals surface area contributed by atoms with Crippen LogP contribution in [0.3, 0.4) is 0 Å². The van der Waals surface area contributed by atoms with Crippen LogP contribution in [0.2, 0.25) is 0 Å². The first-order valence-electron chi connectivity index (χ1n) is 17.8. The van der Waals surface area contributed by atoms with Crippen molar-refractivity contribution in [1.29, 1.82) is 0 Å². The number of anilines is 2. The molecule has 0 radical (unpaired) electrons. The second-order valence-corrected chi connectivity index (χ2v) is 13.3. The molecule has 43 heavy (non-hydrogen) atoms. The Balaban J connectivity index is 2.45. The Kier molecular flexibility index (Phi) is 14.1. The van der Waals surface area contributed by atoms with E-state index < -0.39 is 0 Å². The van der Waals surface area contributed by atoms with Crippen molar-refractivity contribution in [1.82, 2.24) is 0 Å². The lowest BCUT2D eigenvalue weighted by molar-refractivity contribution is 0.283. The van der Waals surface area contributed by atoms with E-state index in [0.717, 1.165) is 48.6 Å². The van der Waals surface area contributed by atoms with Crippen LogP contribution in [0, 0.1) is 17.8 Å². The van der Waals surface area contributed by atoms with Gasteiger partial charge in [0, 0.05) is 5.92 Å². The molecule has 0 fully saturated rings.